The maximum absolute atomic E-state index is 13.0. The van der Waals surface area contributed by atoms with Gasteiger partial charge in [-0.05, 0) is 19.1 Å². The van der Waals surface area contributed by atoms with Crippen molar-refractivity contribution >= 4 is 5.97 Å². The molecule has 18 heavy (non-hydrogen) atoms. The highest BCUT2D eigenvalue weighted by Gasteiger charge is 2.19. The lowest BCUT2D eigenvalue weighted by atomic mass is 10.2. The van der Waals surface area contributed by atoms with E-state index in [0.717, 1.165) is 18.2 Å². The average Bonchev–Trinajstić information content (AvgIpc) is 2.69. The maximum atomic E-state index is 13.0. The van der Waals surface area contributed by atoms with Gasteiger partial charge in [-0.25, -0.2) is 18.6 Å². The first-order chi connectivity index (χ1) is 8.51. The number of hydrogen-bond donors (Lipinski definition) is 0. The molecule has 0 amide bonds. The van der Waals surface area contributed by atoms with Gasteiger partial charge in [0.05, 0.1) is 7.11 Å². The van der Waals surface area contributed by atoms with E-state index in [1.807, 2.05) is 0 Å². The van der Waals surface area contributed by atoms with Gasteiger partial charge in [0.25, 0.3) is 0 Å². The second kappa shape index (κ2) is 4.56. The number of esters is 1. The summed E-state index contributed by atoms with van der Waals surface area (Å²) < 4.78 is 35.8. The van der Waals surface area contributed by atoms with Gasteiger partial charge < -0.3 is 9.15 Å². The van der Waals surface area contributed by atoms with Crippen molar-refractivity contribution in [3.8, 4) is 11.5 Å². The quantitative estimate of drug-likeness (QED) is 0.772. The molecule has 0 N–H and O–H groups in total. The van der Waals surface area contributed by atoms with Crippen molar-refractivity contribution in [2.24, 2.45) is 0 Å². The van der Waals surface area contributed by atoms with Crippen molar-refractivity contribution in [1.82, 2.24) is 4.98 Å². The van der Waals surface area contributed by atoms with Gasteiger partial charge in [-0.2, -0.15) is 0 Å². The Bertz CT molecular complexity index is 587. The van der Waals surface area contributed by atoms with E-state index >= 15 is 0 Å². The van der Waals surface area contributed by atoms with Crippen LogP contribution in [0.4, 0.5) is 8.78 Å². The number of rotatable bonds is 2. The summed E-state index contributed by atoms with van der Waals surface area (Å²) in [6.07, 6.45) is 0. The molecule has 0 bridgehead atoms. The summed E-state index contributed by atoms with van der Waals surface area (Å²) in [4.78, 5) is 15.2. The normalized spacial score (nSPS) is 10.4. The lowest BCUT2D eigenvalue weighted by molar-refractivity contribution is 0.0593. The zero-order valence-electron chi connectivity index (χ0n) is 9.66. The van der Waals surface area contributed by atoms with Gasteiger partial charge in [-0.15, -0.1) is 0 Å². The number of benzene rings is 1. The monoisotopic (exact) mass is 253 g/mol. The number of oxazole rings is 1. The van der Waals surface area contributed by atoms with Gasteiger partial charge in [-0.1, -0.05) is 0 Å². The minimum absolute atomic E-state index is 0.0165. The van der Waals surface area contributed by atoms with E-state index in [-0.39, 0.29) is 22.9 Å². The van der Waals surface area contributed by atoms with Gasteiger partial charge >= 0.3 is 5.97 Å². The third-order valence-corrected chi connectivity index (χ3v) is 2.28. The molecule has 0 aliphatic heterocycles. The average molecular weight is 253 g/mol. The molecule has 1 aromatic heterocycles. The third kappa shape index (κ3) is 2.22. The van der Waals surface area contributed by atoms with Crippen LogP contribution in [0.5, 0.6) is 0 Å². The van der Waals surface area contributed by atoms with E-state index in [2.05, 4.69) is 9.72 Å². The molecule has 94 valence electrons. The summed E-state index contributed by atoms with van der Waals surface area (Å²) in [5, 5.41) is 0. The molecule has 6 heteroatoms. The standard InChI is InChI=1S/C12H9F2NO3/c1-6-10(12(16)17-2)15-11(18-6)7-3-8(13)5-9(14)4-7/h3-5H,1-2H3. The molecule has 0 spiro atoms. The van der Waals surface area contributed by atoms with Crippen molar-refractivity contribution < 1.29 is 22.7 Å². The third-order valence-electron chi connectivity index (χ3n) is 2.28. The molecule has 1 heterocycles. The molecule has 0 fully saturated rings. The topological polar surface area (TPSA) is 52.3 Å². The van der Waals surface area contributed by atoms with Gasteiger partial charge in [-0.3, -0.25) is 0 Å². The Labute approximate surface area is 101 Å². The van der Waals surface area contributed by atoms with Gasteiger partial charge in [0.2, 0.25) is 5.89 Å². The van der Waals surface area contributed by atoms with Crippen LogP contribution in [0.15, 0.2) is 22.6 Å². The van der Waals surface area contributed by atoms with Crippen molar-refractivity contribution in [1.29, 1.82) is 0 Å². The van der Waals surface area contributed by atoms with Crippen molar-refractivity contribution in [3.63, 3.8) is 0 Å². The first-order valence-electron chi connectivity index (χ1n) is 5.03. The molecule has 0 saturated carbocycles. The molecule has 1 aromatic carbocycles. The fraction of sp³-hybridized carbons (Fsp3) is 0.167. The number of nitrogens with zero attached hydrogens (tertiary/aromatic N) is 1. The molecule has 2 rings (SSSR count). The second-order valence-electron chi connectivity index (χ2n) is 3.57. The molecule has 0 atom stereocenters. The highest BCUT2D eigenvalue weighted by Crippen LogP contribution is 2.23. The van der Waals surface area contributed by atoms with Crippen LogP contribution >= 0.6 is 0 Å². The van der Waals surface area contributed by atoms with Crippen LogP contribution in [0.1, 0.15) is 16.2 Å². The Morgan fingerprint density at radius 3 is 2.44 bits per heavy atom. The van der Waals surface area contributed by atoms with Crippen LogP contribution in [0.25, 0.3) is 11.5 Å². The van der Waals surface area contributed by atoms with Crippen LogP contribution in [0.3, 0.4) is 0 Å². The maximum Gasteiger partial charge on any atom is 0.360 e. The number of ether oxygens (including phenoxy) is 1. The van der Waals surface area contributed by atoms with Crippen LogP contribution in [0, 0.1) is 18.6 Å². The Hall–Kier alpha value is -2.24. The van der Waals surface area contributed by atoms with E-state index in [1.54, 1.807) is 0 Å². The number of carbonyl (C=O) groups excluding carboxylic acids is 1. The van der Waals surface area contributed by atoms with E-state index in [0.29, 0.717) is 0 Å². The van der Waals surface area contributed by atoms with Crippen LogP contribution in [-0.2, 0) is 4.74 Å². The predicted octanol–water partition coefficient (Wildman–Crippen LogP) is 2.71. The zero-order valence-corrected chi connectivity index (χ0v) is 9.66. The molecule has 2 aromatic rings. The number of methoxy groups -OCH3 is 1. The minimum atomic E-state index is -0.750. The Morgan fingerprint density at radius 1 is 1.28 bits per heavy atom. The number of hydrogen-bond acceptors (Lipinski definition) is 4. The minimum Gasteiger partial charge on any atom is -0.464 e. The Kier molecular flexibility index (Phi) is 3.10. The second-order valence-corrected chi connectivity index (χ2v) is 3.57. The molecule has 0 radical (unpaired) electrons. The van der Waals surface area contributed by atoms with Crippen molar-refractivity contribution in [3.05, 3.63) is 41.3 Å². The van der Waals surface area contributed by atoms with E-state index < -0.39 is 17.6 Å². The van der Waals surface area contributed by atoms with E-state index in [1.165, 1.54) is 14.0 Å². The predicted molar refractivity (Wildman–Crippen MR) is 57.9 cm³/mol. The highest BCUT2D eigenvalue weighted by molar-refractivity contribution is 5.88. The molecular formula is C12H9F2NO3. The summed E-state index contributed by atoms with van der Waals surface area (Å²) in [6, 6.07) is 2.87. The summed E-state index contributed by atoms with van der Waals surface area (Å²) in [6.45, 7) is 1.51. The number of aromatic nitrogens is 1. The fourth-order valence-corrected chi connectivity index (χ4v) is 1.48. The van der Waals surface area contributed by atoms with Crippen LogP contribution in [0.2, 0.25) is 0 Å². The summed E-state index contributed by atoms with van der Waals surface area (Å²) in [5.41, 5.74) is 0.0999. The summed E-state index contributed by atoms with van der Waals surface area (Å²) in [5.74, 6) is -1.98. The lowest BCUT2D eigenvalue weighted by Gasteiger charge is -1.96. The number of halogens is 2. The van der Waals surface area contributed by atoms with Crippen LogP contribution < -0.4 is 0 Å². The van der Waals surface area contributed by atoms with Crippen molar-refractivity contribution in [2.45, 2.75) is 6.92 Å². The Balaban J connectivity index is 2.48. The number of carbonyl (C=O) groups is 1. The molecule has 4 nitrogen and oxygen atoms in total. The summed E-state index contributed by atoms with van der Waals surface area (Å²) in [7, 11) is 1.21. The number of aryl methyl sites for hydroxylation is 1. The molecule has 0 saturated heterocycles. The molecule has 0 unspecified atom stereocenters. The highest BCUT2D eigenvalue weighted by atomic mass is 19.1. The molecular weight excluding hydrogens is 244 g/mol. The van der Waals surface area contributed by atoms with Crippen molar-refractivity contribution in [2.75, 3.05) is 7.11 Å². The zero-order chi connectivity index (χ0) is 13.3. The Morgan fingerprint density at radius 2 is 1.89 bits per heavy atom. The van der Waals surface area contributed by atoms with Crippen LogP contribution in [-0.4, -0.2) is 18.1 Å². The first kappa shape index (κ1) is 12.2. The van der Waals surface area contributed by atoms with E-state index in [4.69, 9.17) is 4.42 Å². The van der Waals surface area contributed by atoms with E-state index in [9.17, 15) is 13.6 Å². The fourth-order valence-electron chi connectivity index (χ4n) is 1.48. The largest absolute Gasteiger partial charge is 0.464 e. The summed E-state index contributed by atoms with van der Waals surface area (Å²) >= 11 is 0. The first-order valence-corrected chi connectivity index (χ1v) is 5.03. The molecule has 0 aliphatic rings. The van der Waals surface area contributed by atoms with Gasteiger partial charge in [0.1, 0.15) is 17.4 Å². The SMILES string of the molecule is COC(=O)c1nc(-c2cc(F)cc(F)c2)oc1C. The molecule has 0 aliphatic carbocycles. The lowest BCUT2D eigenvalue weighted by Crippen LogP contribution is -2.03. The van der Waals surface area contributed by atoms with Gasteiger partial charge in [0.15, 0.2) is 5.69 Å². The van der Waals surface area contributed by atoms with Gasteiger partial charge in [0, 0.05) is 11.6 Å². The smallest absolute Gasteiger partial charge is 0.360 e.